The number of benzene rings is 2. The monoisotopic (exact) mass is 426 g/mol. The van der Waals surface area contributed by atoms with Gasteiger partial charge in [0.15, 0.2) is 23.0 Å². The number of carboxylic acids is 1. The Morgan fingerprint density at radius 2 is 1.63 bits per heavy atom. The van der Waals surface area contributed by atoms with Gasteiger partial charge in [-0.05, 0) is 38.1 Å². The summed E-state index contributed by atoms with van der Waals surface area (Å²) in [6.07, 6.45) is -6.36. The first-order valence-electron chi connectivity index (χ1n) is 9.03. The zero-order chi connectivity index (χ0) is 22.3. The van der Waals surface area contributed by atoms with E-state index in [-0.39, 0.29) is 29.4 Å². The second-order valence-electron chi connectivity index (χ2n) is 5.95. The molecule has 1 heterocycles. The molecule has 9 heteroatoms. The van der Waals surface area contributed by atoms with E-state index >= 15 is 0 Å². The number of alkyl halides is 3. The summed E-state index contributed by atoms with van der Waals surface area (Å²) < 4.78 is 53.8. The standard InChI is InChI=1S/C13H11F3O4.C8H10O2/c1-2-19-9-5-3-4-7-6-8(12(17)18)11(13(14,15)16)20-10(7)9;1-2-10-8-6-4-3-5-7(8)9/h3-6,11H,2H2,1H3,(H,17,18);3-6,9H,2H2,1H3. The maximum atomic E-state index is 12.9. The molecule has 2 aromatic carbocycles. The molecule has 162 valence electrons. The van der Waals surface area contributed by atoms with Crippen molar-refractivity contribution in [3.05, 3.63) is 53.6 Å². The van der Waals surface area contributed by atoms with Crippen molar-refractivity contribution in [1.82, 2.24) is 0 Å². The highest BCUT2D eigenvalue weighted by molar-refractivity contribution is 5.95. The van der Waals surface area contributed by atoms with Crippen molar-refractivity contribution in [3.63, 3.8) is 0 Å². The van der Waals surface area contributed by atoms with E-state index in [1.165, 1.54) is 12.1 Å². The van der Waals surface area contributed by atoms with Gasteiger partial charge in [-0.3, -0.25) is 0 Å². The summed E-state index contributed by atoms with van der Waals surface area (Å²) in [5.74, 6) is -0.865. The van der Waals surface area contributed by atoms with Crippen LogP contribution < -0.4 is 14.2 Å². The van der Waals surface area contributed by atoms with Crippen molar-refractivity contribution in [2.45, 2.75) is 26.1 Å². The largest absolute Gasteiger partial charge is 0.504 e. The highest BCUT2D eigenvalue weighted by Crippen LogP contribution is 2.42. The number of aromatic hydroxyl groups is 1. The Hall–Kier alpha value is -3.36. The van der Waals surface area contributed by atoms with E-state index in [9.17, 15) is 18.0 Å². The number of halogens is 3. The molecule has 0 aromatic heterocycles. The summed E-state index contributed by atoms with van der Waals surface area (Å²) in [4.78, 5) is 11.0. The number of fused-ring (bicyclic) bond motifs is 1. The number of carbonyl (C=O) groups is 1. The molecule has 1 unspecified atom stereocenters. The number of rotatable bonds is 5. The van der Waals surface area contributed by atoms with E-state index in [4.69, 9.17) is 24.4 Å². The molecule has 0 aliphatic carbocycles. The van der Waals surface area contributed by atoms with E-state index in [0.717, 1.165) is 6.08 Å². The van der Waals surface area contributed by atoms with Gasteiger partial charge in [0.2, 0.25) is 6.10 Å². The molecule has 2 N–H and O–H groups in total. The van der Waals surface area contributed by atoms with Crippen LogP contribution in [-0.4, -0.2) is 41.7 Å². The number of phenols is 1. The smallest absolute Gasteiger partial charge is 0.430 e. The highest BCUT2D eigenvalue weighted by atomic mass is 19.4. The zero-order valence-electron chi connectivity index (χ0n) is 16.3. The van der Waals surface area contributed by atoms with Gasteiger partial charge in [0.1, 0.15) is 0 Å². The summed E-state index contributed by atoms with van der Waals surface area (Å²) in [5, 5.41) is 18.0. The Morgan fingerprint density at radius 1 is 1.03 bits per heavy atom. The SMILES string of the molecule is CCOc1cccc2c1OC(C(F)(F)F)C(C(=O)O)=C2.CCOc1ccccc1O. The van der Waals surface area contributed by atoms with Gasteiger partial charge >= 0.3 is 12.1 Å². The Morgan fingerprint density at radius 3 is 2.20 bits per heavy atom. The third-order valence-corrected chi connectivity index (χ3v) is 3.85. The summed E-state index contributed by atoms with van der Waals surface area (Å²) in [6.45, 7) is 4.40. The molecule has 0 saturated heterocycles. The first-order valence-corrected chi connectivity index (χ1v) is 9.03. The summed E-state index contributed by atoms with van der Waals surface area (Å²) in [7, 11) is 0. The molecule has 3 rings (SSSR count). The average Bonchev–Trinajstić information content (AvgIpc) is 2.69. The molecule has 2 aromatic rings. The van der Waals surface area contributed by atoms with E-state index in [0.29, 0.717) is 12.4 Å². The van der Waals surface area contributed by atoms with Crippen molar-refractivity contribution in [3.8, 4) is 23.0 Å². The first-order chi connectivity index (χ1) is 14.2. The quantitative estimate of drug-likeness (QED) is 0.723. The van der Waals surface area contributed by atoms with Crippen LogP contribution >= 0.6 is 0 Å². The van der Waals surface area contributed by atoms with Crippen molar-refractivity contribution in [2.24, 2.45) is 0 Å². The third-order valence-electron chi connectivity index (χ3n) is 3.85. The number of phenolic OH excluding ortho intramolecular Hbond substituents is 1. The van der Waals surface area contributed by atoms with Crippen LogP contribution in [-0.2, 0) is 4.79 Å². The van der Waals surface area contributed by atoms with Gasteiger partial charge in [-0.1, -0.05) is 24.3 Å². The molecule has 0 radical (unpaired) electrons. The van der Waals surface area contributed by atoms with Crippen LogP contribution in [0, 0.1) is 0 Å². The Balaban J connectivity index is 0.000000269. The Kier molecular flexibility index (Phi) is 7.57. The maximum Gasteiger partial charge on any atom is 0.430 e. The number of para-hydroxylation sites is 3. The van der Waals surface area contributed by atoms with Crippen LogP contribution in [0.3, 0.4) is 0 Å². The van der Waals surface area contributed by atoms with Gasteiger partial charge in [0.05, 0.1) is 18.8 Å². The maximum absolute atomic E-state index is 12.9. The van der Waals surface area contributed by atoms with Gasteiger partial charge in [0, 0.05) is 5.56 Å². The van der Waals surface area contributed by atoms with Crippen LogP contribution in [0.5, 0.6) is 23.0 Å². The number of aliphatic carboxylic acids is 1. The number of ether oxygens (including phenoxy) is 3. The zero-order valence-corrected chi connectivity index (χ0v) is 16.3. The van der Waals surface area contributed by atoms with Crippen LogP contribution in [0.1, 0.15) is 19.4 Å². The second-order valence-corrected chi connectivity index (χ2v) is 5.95. The molecule has 1 aliphatic rings. The van der Waals surface area contributed by atoms with Gasteiger partial charge in [-0.2, -0.15) is 13.2 Å². The molecule has 1 atom stereocenters. The summed E-state index contributed by atoms with van der Waals surface area (Å²) >= 11 is 0. The number of hydrogen-bond acceptors (Lipinski definition) is 5. The van der Waals surface area contributed by atoms with Gasteiger partial charge in [-0.15, -0.1) is 0 Å². The molecule has 0 spiro atoms. The number of carboxylic acid groups (broad SMARTS) is 1. The first kappa shape index (κ1) is 22.9. The predicted octanol–water partition coefficient (Wildman–Crippen LogP) is 4.67. The summed E-state index contributed by atoms with van der Waals surface area (Å²) in [6, 6.07) is 11.4. The van der Waals surface area contributed by atoms with Crippen molar-refractivity contribution in [1.29, 1.82) is 0 Å². The fourth-order valence-electron chi connectivity index (χ4n) is 2.62. The van der Waals surface area contributed by atoms with E-state index in [2.05, 4.69) is 0 Å². The van der Waals surface area contributed by atoms with Crippen LogP contribution in [0.15, 0.2) is 48.0 Å². The van der Waals surface area contributed by atoms with Gasteiger partial charge in [0.25, 0.3) is 0 Å². The molecule has 6 nitrogen and oxygen atoms in total. The third kappa shape index (κ3) is 5.59. The van der Waals surface area contributed by atoms with Gasteiger partial charge in [-0.25, -0.2) is 4.79 Å². The van der Waals surface area contributed by atoms with E-state index < -0.39 is 23.8 Å². The Bertz CT molecular complexity index is 908. The lowest BCUT2D eigenvalue weighted by Crippen LogP contribution is -2.40. The Labute approximate surface area is 171 Å². The predicted molar refractivity (Wildman–Crippen MR) is 103 cm³/mol. The second kappa shape index (κ2) is 9.91. The lowest BCUT2D eigenvalue weighted by molar-refractivity contribution is -0.187. The topological polar surface area (TPSA) is 85.2 Å². The fourth-order valence-corrected chi connectivity index (χ4v) is 2.62. The molecular weight excluding hydrogens is 405 g/mol. The van der Waals surface area contributed by atoms with Crippen LogP contribution in [0.4, 0.5) is 13.2 Å². The van der Waals surface area contributed by atoms with Crippen molar-refractivity contribution >= 4 is 12.0 Å². The van der Waals surface area contributed by atoms with E-state index in [1.807, 2.05) is 13.0 Å². The molecule has 1 aliphatic heterocycles. The lowest BCUT2D eigenvalue weighted by Gasteiger charge is -2.28. The molecule has 0 fully saturated rings. The molecule has 0 amide bonds. The molecule has 0 bridgehead atoms. The highest BCUT2D eigenvalue weighted by Gasteiger charge is 2.48. The van der Waals surface area contributed by atoms with Crippen LogP contribution in [0.2, 0.25) is 0 Å². The number of hydrogen-bond donors (Lipinski definition) is 2. The lowest BCUT2D eigenvalue weighted by atomic mass is 10.0. The minimum absolute atomic E-state index is 0.0957. The molecule has 30 heavy (non-hydrogen) atoms. The average molecular weight is 426 g/mol. The van der Waals surface area contributed by atoms with Crippen molar-refractivity contribution < 1.29 is 42.4 Å². The minimum atomic E-state index is -4.82. The summed E-state index contributed by atoms with van der Waals surface area (Å²) in [5.41, 5.74) is -0.604. The normalized spacial score (nSPS) is 15.0. The van der Waals surface area contributed by atoms with Crippen molar-refractivity contribution in [2.75, 3.05) is 13.2 Å². The molecular formula is C21H21F3O6. The minimum Gasteiger partial charge on any atom is -0.504 e. The molecule has 0 saturated carbocycles. The van der Waals surface area contributed by atoms with Crippen LogP contribution in [0.25, 0.3) is 6.08 Å². The van der Waals surface area contributed by atoms with Gasteiger partial charge < -0.3 is 24.4 Å². The van der Waals surface area contributed by atoms with E-state index in [1.54, 1.807) is 31.2 Å². The fraction of sp³-hybridized carbons (Fsp3) is 0.286.